The Morgan fingerprint density at radius 1 is 1.05 bits per heavy atom. The molecule has 1 aliphatic carbocycles. The Balaban J connectivity index is 1.58. The molecule has 0 amide bonds. The molecule has 104 valence electrons. The number of hydrogen-bond acceptors (Lipinski definition) is 4. The van der Waals surface area contributed by atoms with Gasteiger partial charge in [-0.25, -0.2) is 5.10 Å². The van der Waals surface area contributed by atoms with E-state index in [1.165, 1.54) is 45.2 Å². The Kier molecular flexibility index (Phi) is 2.88. The molecule has 19 heavy (non-hydrogen) atoms. The third-order valence-electron chi connectivity index (χ3n) is 4.72. The second kappa shape index (κ2) is 4.59. The van der Waals surface area contributed by atoms with Crippen LogP contribution in [0.2, 0.25) is 0 Å². The van der Waals surface area contributed by atoms with E-state index in [1.807, 2.05) is 0 Å². The second-order valence-corrected chi connectivity index (χ2v) is 6.45. The summed E-state index contributed by atoms with van der Waals surface area (Å²) in [5.41, 5.74) is 0. The van der Waals surface area contributed by atoms with Crippen molar-refractivity contribution in [2.75, 3.05) is 31.1 Å². The van der Waals surface area contributed by atoms with Gasteiger partial charge < -0.3 is 4.90 Å². The Hall–Kier alpha value is -0.880. The molecule has 1 aromatic heterocycles. The van der Waals surface area contributed by atoms with E-state index in [2.05, 4.69) is 24.6 Å². The minimum atomic E-state index is 0.602. The lowest BCUT2D eigenvalue weighted by atomic mass is 10.00. The molecule has 2 saturated heterocycles. The lowest BCUT2D eigenvalue weighted by molar-refractivity contribution is 0.132. The first-order valence-corrected chi connectivity index (χ1v) is 7.89. The van der Waals surface area contributed by atoms with Crippen molar-refractivity contribution in [1.29, 1.82) is 0 Å². The van der Waals surface area contributed by atoms with E-state index < -0.39 is 0 Å². The average Bonchev–Trinajstić information content (AvgIpc) is 3.21. The zero-order valence-corrected chi connectivity index (χ0v) is 12.0. The van der Waals surface area contributed by atoms with Gasteiger partial charge in [0.25, 0.3) is 0 Å². The highest BCUT2D eigenvalue weighted by molar-refractivity contribution is 7.71. The first kappa shape index (κ1) is 11.9. The molecule has 0 bridgehead atoms. The summed E-state index contributed by atoms with van der Waals surface area (Å²) in [5.74, 6) is 1.08. The van der Waals surface area contributed by atoms with Gasteiger partial charge in [0.15, 0.2) is 4.77 Å². The van der Waals surface area contributed by atoms with Crippen molar-refractivity contribution in [1.82, 2.24) is 19.7 Å². The highest BCUT2D eigenvalue weighted by Crippen LogP contribution is 2.38. The fraction of sp³-hybridized carbons (Fsp3) is 0.846. The largest absolute Gasteiger partial charge is 0.338 e. The van der Waals surface area contributed by atoms with E-state index in [0.717, 1.165) is 29.9 Å². The number of aromatic amines is 1. The molecule has 1 aromatic rings. The Labute approximate surface area is 118 Å². The predicted molar refractivity (Wildman–Crippen MR) is 77.1 cm³/mol. The number of fused-ring (bicyclic) bond motifs is 1. The fourth-order valence-corrected chi connectivity index (χ4v) is 3.80. The van der Waals surface area contributed by atoms with Crippen molar-refractivity contribution in [3.8, 4) is 0 Å². The number of piperazine rings is 1. The van der Waals surface area contributed by atoms with Crippen LogP contribution >= 0.6 is 12.2 Å². The van der Waals surface area contributed by atoms with Crippen molar-refractivity contribution < 1.29 is 0 Å². The lowest BCUT2D eigenvalue weighted by Crippen LogP contribution is -2.55. The Bertz CT molecular complexity index is 517. The van der Waals surface area contributed by atoms with Crippen LogP contribution in [0.5, 0.6) is 0 Å². The van der Waals surface area contributed by atoms with Crippen LogP contribution in [0.25, 0.3) is 0 Å². The minimum Gasteiger partial charge on any atom is -0.338 e. The molecule has 0 spiro atoms. The lowest BCUT2D eigenvalue weighted by Gasteiger charge is -2.44. The molecule has 2 aliphatic heterocycles. The van der Waals surface area contributed by atoms with Crippen LogP contribution in [0, 0.1) is 4.77 Å². The number of nitrogens with one attached hydrogen (secondary N) is 1. The van der Waals surface area contributed by atoms with Crippen LogP contribution in [0.3, 0.4) is 0 Å². The van der Waals surface area contributed by atoms with Crippen LogP contribution in [0.4, 0.5) is 5.95 Å². The number of rotatable bonds is 2. The minimum absolute atomic E-state index is 0.602. The van der Waals surface area contributed by atoms with Crippen molar-refractivity contribution >= 4 is 18.2 Å². The molecule has 3 fully saturated rings. The number of H-pyrrole nitrogens is 1. The van der Waals surface area contributed by atoms with Gasteiger partial charge in [-0.3, -0.25) is 9.47 Å². The first-order valence-electron chi connectivity index (χ1n) is 7.49. The van der Waals surface area contributed by atoms with Gasteiger partial charge in [0.2, 0.25) is 5.95 Å². The van der Waals surface area contributed by atoms with Gasteiger partial charge in [0.05, 0.1) is 0 Å². The quantitative estimate of drug-likeness (QED) is 0.840. The van der Waals surface area contributed by atoms with Gasteiger partial charge in [-0.15, -0.1) is 5.10 Å². The highest BCUT2D eigenvalue weighted by Gasteiger charge is 2.33. The summed E-state index contributed by atoms with van der Waals surface area (Å²) >= 11 is 5.38. The molecular weight excluding hydrogens is 258 g/mol. The molecule has 1 unspecified atom stereocenters. The molecule has 1 saturated carbocycles. The molecule has 3 aliphatic rings. The zero-order chi connectivity index (χ0) is 12.8. The maximum Gasteiger partial charge on any atom is 0.226 e. The molecule has 1 atom stereocenters. The number of aromatic nitrogens is 3. The Morgan fingerprint density at radius 3 is 2.79 bits per heavy atom. The molecule has 5 nitrogen and oxygen atoms in total. The highest BCUT2D eigenvalue weighted by atomic mass is 32.1. The maximum atomic E-state index is 5.38. The first-order chi connectivity index (χ1) is 9.33. The van der Waals surface area contributed by atoms with Gasteiger partial charge >= 0.3 is 0 Å². The van der Waals surface area contributed by atoms with Crippen LogP contribution in [-0.2, 0) is 0 Å². The molecule has 6 heteroatoms. The SMILES string of the molecule is S=c1[nH]nc(N2CCN3CCCCC3C2)n1C1CC1. The standard InChI is InChI=1S/C13H21N5S/c19-13-15-14-12(18(13)10-4-5-10)17-8-7-16-6-2-1-3-11(16)9-17/h10-11H,1-9H2,(H,15,19). The molecule has 0 aromatic carbocycles. The number of piperidine rings is 1. The summed E-state index contributed by atoms with van der Waals surface area (Å²) in [6.07, 6.45) is 6.60. The molecule has 0 radical (unpaired) electrons. The van der Waals surface area contributed by atoms with Crippen LogP contribution in [-0.4, -0.2) is 51.9 Å². The van der Waals surface area contributed by atoms with Gasteiger partial charge in [-0.2, -0.15) is 0 Å². The number of hydrogen-bond donors (Lipinski definition) is 1. The summed E-state index contributed by atoms with van der Waals surface area (Å²) in [6.45, 7) is 4.66. The van der Waals surface area contributed by atoms with Gasteiger partial charge in [0.1, 0.15) is 0 Å². The van der Waals surface area contributed by atoms with Gasteiger partial charge in [0, 0.05) is 31.7 Å². The van der Waals surface area contributed by atoms with Crippen LogP contribution in [0.15, 0.2) is 0 Å². The summed E-state index contributed by atoms with van der Waals surface area (Å²) in [7, 11) is 0. The average molecular weight is 279 g/mol. The van der Waals surface area contributed by atoms with Crippen molar-refractivity contribution in [3.05, 3.63) is 4.77 Å². The van der Waals surface area contributed by atoms with Crippen molar-refractivity contribution in [3.63, 3.8) is 0 Å². The number of nitrogens with zero attached hydrogens (tertiary/aromatic N) is 4. The van der Waals surface area contributed by atoms with Crippen LogP contribution in [0.1, 0.15) is 38.1 Å². The summed E-state index contributed by atoms with van der Waals surface area (Å²) in [4.78, 5) is 5.10. The molecule has 3 heterocycles. The van der Waals surface area contributed by atoms with E-state index in [0.29, 0.717) is 6.04 Å². The molecule has 4 rings (SSSR count). The maximum absolute atomic E-state index is 5.38. The van der Waals surface area contributed by atoms with E-state index in [4.69, 9.17) is 12.2 Å². The monoisotopic (exact) mass is 279 g/mol. The van der Waals surface area contributed by atoms with E-state index in [-0.39, 0.29) is 0 Å². The number of anilines is 1. The van der Waals surface area contributed by atoms with Crippen molar-refractivity contribution in [2.24, 2.45) is 0 Å². The van der Waals surface area contributed by atoms with Gasteiger partial charge in [-0.1, -0.05) is 6.42 Å². The fourth-order valence-electron chi connectivity index (χ4n) is 3.52. The zero-order valence-electron chi connectivity index (χ0n) is 11.2. The third-order valence-corrected chi connectivity index (χ3v) is 5.01. The predicted octanol–water partition coefficient (Wildman–Crippen LogP) is 1.95. The second-order valence-electron chi connectivity index (χ2n) is 6.06. The molecular formula is C13H21N5S. The van der Waals surface area contributed by atoms with Gasteiger partial charge in [-0.05, 0) is 44.4 Å². The van der Waals surface area contributed by atoms with E-state index in [9.17, 15) is 0 Å². The summed E-state index contributed by atoms with van der Waals surface area (Å²) in [6, 6.07) is 1.33. The van der Waals surface area contributed by atoms with E-state index >= 15 is 0 Å². The van der Waals surface area contributed by atoms with Crippen LogP contribution < -0.4 is 4.90 Å². The third kappa shape index (κ3) is 2.10. The van der Waals surface area contributed by atoms with Crippen molar-refractivity contribution in [2.45, 2.75) is 44.2 Å². The Morgan fingerprint density at radius 2 is 1.95 bits per heavy atom. The normalized spacial score (nSPS) is 28.4. The smallest absolute Gasteiger partial charge is 0.226 e. The topological polar surface area (TPSA) is 40.1 Å². The van der Waals surface area contributed by atoms with E-state index in [1.54, 1.807) is 0 Å². The summed E-state index contributed by atoms with van der Waals surface area (Å²) < 4.78 is 3.04. The molecule has 1 N–H and O–H groups in total. The summed E-state index contributed by atoms with van der Waals surface area (Å²) in [5, 5.41) is 7.48.